The first-order chi connectivity index (χ1) is 14.8. The second-order valence-corrected chi connectivity index (χ2v) is 8.61. The van der Waals surface area contributed by atoms with Crippen molar-refractivity contribution in [1.29, 1.82) is 0 Å². The van der Waals surface area contributed by atoms with E-state index >= 15 is 0 Å². The summed E-state index contributed by atoms with van der Waals surface area (Å²) < 4.78 is 12.9. The van der Waals surface area contributed by atoms with E-state index in [1.807, 2.05) is 18.2 Å². The molecule has 0 saturated carbocycles. The summed E-state index contributed by atoms with van der Waals surface area (Å²) in [6.45, 7) is 3.57. The Labute approximate surface area is 180 Å². The lowest BCUT2D eigenvalue weighted by Crippen LogP contribution is -2.22. The molecule has 0 radical (unpaired) electrons. The monoisotopic (exact) mass is 419 g/mol. The van der Waals surface area contributed by atoms with E-state index in [0.717, 1.165) is 60.5 Å². The lowest BCUT2D eigenvalue weighted by Gasteiger charge is -2.24. The van der Waals surface area contributed by atoms with Gasteiger partial charge in [-0.3, -0.25) is 0 Å². The van der Waals surface area contributed by atoms with Crippen molar-refractivity contribution in [2.75, 3.05) is 43.2 Å². The van der Waals surface area contributed by atoms with Crippen LogP contribution in [0.15, 0.2) is 66.9 Å². The second kappa shape index (κ2) is 8.40. The molecule has 0 amide bonds. The molecule has 1 aromatic heterocycles. The largest absolute Gasteiger partial charge is 0.494 e. The first-order valence-corrected chi connectivity index (χ1v) is 11.1. The summed E-state index contributed by atoms with van der Waals surface area (Å²) in [5, 5.41) is 1.07. The molecule has 2 aliphatic heterocycles. The molecule has 1 unspecified atom stereocenters. The average molecular weight is 420 g/mol. The Bertz CT molecular complexity index is 1090. The smallest absolute Gasteiger partial charge is 0.186 e. The maximum atomic E-state index is 6.29. The number of rotatable bonds is 6. The van der Waals surface area contributed by atoms with Gasteiger partial charge >= 0.3 is 0 Å². The number of methoxy groups -OCH3 is 1. The third kappa shape index (κ3) is 3.75. The number of nitrogens with zero attached hydrogens (tertiary/aromatic N) is 3. The highest BCUT2D eigenvalue weighted by atomic mass is 32.1. The minimum Gasteiger partial charge on any atom is -0.494 e. The molecule has 1 fully saturated rings. The number of hydrogen-bond acceptors (Lipinski definition) is 6. The zero-order valence-electron chi connectivity index (χ0n) is 17.0. The summed E-state index contributed by atoms with van der Waals surface area (Å²) in [5.74, 6) is 2.27. The van der Waals surface area contributed by atoms with Gasteiger partial charge in [-0.25, -0.2) is 4.98 Å². The molecule has 1 saturated heterocycles. The first kappa shape index (κ1) is 19.0. The number of thiazole rings is 1. The van der Waals surface area contributed by atoms with E-state index in [4.69, 9.17) is 14.5 Å². The van der Waals surface area contributed by atoms with E-state index in [2.05, 4.69) is 58.5 Å². The highest BCUT2D eigenvalue weighted by Gasteiger charge is 2.26. The predicted molar refractivity (Wildman–Crippen MR) is 124 cm³/mol. The van der Waals surface area contributed by atoms with Crippen LogP contribution in [0.25, 0.3) is 10.2 Å². The molecule has 0 bridgehead atoms. The van der Waals surface area contributed by atoms with Crippen LogP contribution in [0.4, 0.5) is 10.8 Å². The summed E-state index contributed by atoms with van der Waals surface area (Å²) in [6.07, 6.45) is 9.49. The minimum absolute atomic E-state index is 0.490. The zero-order valence-corrected chi connectivity index (χ0v) is 17.8. The van der Waals surface area contributed by atoms with Gasteiger partial charge in [0, 0.05) is 31.8 Å². The standard InChI is InChI=1S/C24H25N3O2S/c1-28-21-10-7-11-22-23(21)25-24(30-22)27-15-12-18(16-27)17-29-20-9-4-3-8-19(20)26-13-5-2-6-14-26/h2-11,13,18H,12,14-17H2,1H3. The third-order valence-corrected chi connectivity index (χ3v) is 6.69. The van der Waals surface area contributed by atoms with Crippen molar-refractivity contribution in [1.82, 2.24) is 4.98 Å². The average Bonchev–Trinajstić information content (AvgIpc) is 3.45. The van der Waals surface area contributed by atoms with Crippen molar-refractivity contribution >= 4 is 32.4 Å². The van der Waals surface area contributed by atoms with Gasteiger partial charge in [-0.2, -0.15) is 0 Å². The van der Waals surface area contributed by atoms with Crippen LogP contribution < -0.4 is 19.3 Å². The van der Waals surface area contributed by atoms with E-state index in [-0.39, 0.29) is 0 Å². The predicted octanol–water partition coefficient (Wildman–Crippen LogP) is 5.10. The summed E-state index contributed by atoms with van der Waals surface area (Å²) in [4.78, 5) is 9.44. The highest BCUT2D eigenvalue weighted by molar-refractivity contribution is 7.22. The molecule has 30 heavy (non-hydrogen) atoms. The Hall–Kier alpha value is -2.99. The molecule has 1 atom stereocenters. The molecule has 3 heterocycles. The van der Waals surface area contributed by atoms with Crippen LogP contribution in [-0.2, 0) is 0 Å². The van der Waals surface area contributed by atoms with Gasteiger partial charge in [0.1, 0.15) is 17.0 Å². The number of fused-ring (bicyclic) bond motifs is 1. The summed E-state index contributed by atoms with van der Waals surface area (Å²) in [5.41, 5.74) is 2.07. The second-order valence-electron chi connectivity index (χ2n) is 7.60. The first-order valence-electron chi connectivity index (χ1n) is 10.3. The topological polar surface area (TPSA) is 37.8 Å². The fraction of sp³-hybridized carbons (Fsp3) is 0.292. The Morgan fingerprint density at radius 1 is 1.10 bits per heavy atom. The molecule has 2 aromatic carbocycles. The van der Waals surface area contributed by atoms with Gasteiger partial charge in [0.15, 0.2) is 5.13 Å². The quantitative estimate of drug-likeness (QED) is 0.556. The van der Waals surface area contributed by atoms with Crippen LogP contribution in [0.1, 0.15) is 6.42 Å². The molecular weight excluding hydrogens is 394 g/mol. The van der Waals surface area contributed by atoms with E-state index in [1.54, 1.807) is 18.4 Å². The van der Waals surface area contributed by atoms with Gasteiger partial charge in [0.25, 0.3) is 0 Å². The molecule has 2 aliphatic rings. The summed E-state index contributed by atoms with van der Waals surface area (Å²) in [6, 6.07) is 14.4. The maximum Gasteiger partial charge on any atom is 0.186 e. The Morgan fingerprint density at radius 2 is 2.00 bits per heavy atom. The number of para-hydroxylation sites is 3. The van der Waals surface area contributed by atoms with Crippen molar-refractivity contribution < 1.29 is 9.47 Å². The fourth-order valence-corrected chi connectivity index (χ4v) is 5.04. The van der Waals surface area contributed by atoms with E-state index < -0.39 is 0 Å². The summed E-state index contributed by atoms with van der Waals surface area (Å²) >= 11 is 1.74. The van der Waals surface area contributed by atoms with Gasteiger partial charge in [-0.05, 0) is 36.8 Å². The van der Waals surface area contributed by atoms with Crippen molar-refractivity contribution in [3.05, 3.63) is 66.9 Å². The Morgan fingerprint density at radius 3 is 2.87 bits per heavy atom. The van der Waals surface area contributed by atoms with Crippen LogP contribution in [0.3, 0.4) is 0 Å². The molecule has 0 N–H and O–H groups in total. The van der Waals surface area contributed by atoms with Gasteiger partial charge in [0.05, 0.1) is 24.1 Å². The van der Waals surface area contributed by atoms with Crippen molar-refractivity contribution in [3.63, 3.8) is 0 Å². The zero-order chi connectivity index (χ0) is 20.3. The number of hydrogen-bond donors (Lipinski definition) is 0. The fourth-order valence-electron chi connectivity index (χ4n) is 4.02. The lowest BCUT2D eigenvalue weighted by molar-refractivity contribution is 0.262. The van der Waals surface area contributed by atoms with E-state index in [9.17, 15) is 0 Å². The molecule has 6 heteroatoms. The van der Waals surface area contributed by atoms with Crippen molar-refractivity contribution in [2.45, 2.75) is 6.42 Å². The SMILES string of the molecule is COc1cccc2sc(N3CCC(COc4ccccc4N4C=CC=CC4)C3)nc12. The van der Waals surface area contributed by atoms with Crippen LogP contribution in [0.5, 0.6) is 11.5 Å². The Kier molecular flexibility index (Phi) is 5.32. The molecule has 5 rings (SSSR count). The van der Waals surface area contributed by atoms with Crippen molar-refractivity contribution in [3.8, 4) is 11.5 Å². The van der Waals surface area contributed by atoms with Gasteiger partial charge < -0.3 is 19.3 Å². The number of aromatic nitrogens is 1. The lowest BCUT2D eigenvalue weighted by atomic mass is 10.1. The number of anilines is 2. The van der Waals surface area contributed by atoms with E-state index in [1.165, 1.54) is 4.70 Å². The maximum absolute atomic E-state index is 6.29. The normalized spacial score (nSPS) is 18.4. The van der Waals surface area contributed by atoms with Crippen molar-refractivity contribution in [2.24, 2.45) is 5.92 Å². The number of benzene rings is 2. The Balaban J connectivity index is 1.25. The molecule has 5 nitrogen and oxygen atoms in total. The molecule has 0 spiro atoms. The van der Waals surface area contributed by atoms with Crippen LogP contribution in [-0.4, -0.2) is 38.3 Å². The molecule has 0 aliphatic carbocycles. The molecular formula is C24H25N3O2S. The van der Waals surface area contributed by atoms with Crippen LogP contribution in [0, 0.1) is 5.92 Å². The molecule has 3 aromatic rings. The number of allylic oxidation sites excluding steroid dienone is 2. The van der Waals surface area contributed by atoms with Gasteiger partial charge in [-0.15, -0.1) is 0 Å². The third-order valence-electron chi connectivity index (χ3n) is 5.61. The minimum atomic E-state index is 0.490. The van der Waals surface area contributed by atoms with Gasteiger partial charge in [-0.1, -0.05) is 41.7 Å². The van der Waals surface area contributed by atoms with Gasteiger partial charge in [0.2, 0.25) is 0 Å². The van der Waals surface area contributed by atoms with Crippen LogP contribution >= 0.6 is 11.3 Å². The van der Waals surface area contributed by atoms with E-state index in [0.29, 0.717) is 5.92 Å². The summed E-state index contributed by atoms with van der Waals surface area (Å²) in [7, 11) is 1.70. The molecule has 154 valence electrons. The highest BCUT2D eigenvalue weighted by Crippen LogP contribution is 2.36. The number of ether oxygens (including phenoxy) is 2. The van der Waals surface area contributed by atoms with Crippen LogP contribution in [0.2, 0.25) is 0 Å².